The first-order valence-corrected chi connectivity index (χ1v) is 4.18. The molecule has 0 aliphatic carbocycles. The van der Waals surface area contributed by atoms with Gasteiger partial charge in [0.15, 0.2) is 0 Å². The highest BCUT2D eigenvalue weighted by molar-refractivity contribution is 5.06. The van der Waals surface area contributed by atoms with Crippen molar-refractivity contribution in [2.75, 3.05) is 13.2 Å². The predicted molar refractivity (Wildman–Crippen MR) is 44.5 cm³/mol. The van der Waals surface area contributed by atoms with Crippen LogP contribution in [0.5, 0.6) is 0 Å². The van der Waals surface area contributed by atoms with Gasteiger partial charge in [-0.2, -0.15) is 0 Å². The second kappa shape index (κ2) is 2.88. The van der Waals surface area contributed by atoms with Gasteiger partial charge in [-0.1, -0.05) is 0 Å². The van der Waals surface area contributed by atoms with Crippen LogP contribution in [0.15, 0.2) is 12.4 Å². The molecule has 12 heavy (non-hydrogen) atoms. The van der Waals surface area contributed by atoms with E-state index in [1.807, 2.05) is 0 Å². The number of aromatic nitrogens is 2. The van der Waals surface area contributed by atoms with E-state index in [1.165, 1.54) is 0 Å². The molecule has 0 spiro atoms. The van der Waals surface area contributed by atoms with Crippen molar-refractivity contribution in [3.63, 3.8) is 0 Å². The fourth-order valence-corrected chi connectivity index (χ4v) is 1.54. The molecule has 2 heterocycles. The molecule has 0 saturated carbocycles. The Hall–Kier alpha value is -0.870. The number of aromatic amines is 1. The number of nitrogens with one attached hydrogen (secondary N) is 1. The molecule has 0 unspecified atom stereocenters. The number of hydrogen-bond acceptors (Lipinski definition) is 3. The van der Waals surface area contributed by atoms with Gasteiger partial charge in [-0.15, -0.1) is 0 Å². The molecule has 1 aromatic heterocycles. The van der Waals surface area contributed by atoms with Crippen LogP contribution < -0.4 is 5.73 Å². The summed E-state index contributed by atoms with van der Waals surface area (Å²) in [7, 11) is 0. The van der Waals surface area contributed by atoms with E-state index in [9.17, 15) is 0 Å². The molecule has 1 aromatic rings. The highest BCUT2D eigenvalue weighted by Gasteiger charge is 2.32. The highest BCUT2D eigenvalue weighted by atomic mass is 16.5. The summed E-state index contributed by atoms with van der Waals surface area (Å²) in [6.45, 7) is 1.39. The lowest BCUT2D eigenvalue weighted by molar-refractivity contribution is 0.0333. The zero-order valence-electron chi connectivity index (χ0n) is 6.92. The van der Waals surface area contributed by atoms with Crippen molar-refractivity contribution >= 4 is 0 Å². The Balaban J connectivity index is 2.19. The third kappa shape index (κ3) is 1.23. The Labute approximate surface area is 71.1 Å². The quantitative estimate of drug-likeness (QED) is 0.635. The maximum absolute atomic E-state index is 6.11. The molecule has 0 radical (unpaired) electrons. The Morgan fingerprint density at radius 3 is 3.17 bits per heavy atom. The molecule has 0 bridgehead atoms. The predicted octanol–water partition coefficient (Wildman–Crippen LogP) is 0.374. The summed E-state index contributed by atoms with van der Waals surface area (Å²) in [5.74, 6) is 0.835. The topological polar surface area (TPSA) is 63.9 Å². The van der Waals surface area contributed by atoms with E-state index in [2.05, 4.69) is 9.97 Å². The number of nitrogens with zero attached hydrogens (tertiary/aromatic N) is 1. The molecule has 1 aliphatic heterocycles. The highest BCUT2D eigenvalue weighted by Crippen LogP contribution is 2.24. The Morgan fingerprint density at radius 2 is 2.58 bits per heavy atom. The van der Waals surface area contributed by atoms with Crippen molar-refractivity contribution in [1.82, 2.24) is 9.97 Å². The molecule has 4 heteroatoms. The largest absolute Gasteiger partial charge is 0.379 e. The number of rotatable bonds is 1. The number of ether oxygens (including phenoxy) is 1. The van der Waals surface area contributed by atoms with Gasteiger partial charge in [0.25, 0.3) is 0 Å². The molecule has 1 atom stereocenters. The first-order chi connectivity index (χ1) is 5.81. The number of imidazole rings is 1. The lowest BCUT2D eigenvalue weighted by Crippen LogP contribution is -2.45. The van der Waals surface area contributed by atoms with Crippen LogP contribution in [0.25, 0.3) is 0 Å². The molecular formula is C8H13N3O. The lowest BCUT2D eigenvalue weighted by atomic mass is 9.93. The Morgan fingerprint density at radius 1 is 1.67 bits per heavy atom. The molecule has 0 aromatic carbocycles. The number of H-pyrrole nitrogens is 1. The summed E-state index contributed by atoms with van der Waals surface area (Å²) in [5.41, 5.74) is 5.72. The van der Waals surface area contributed by atoms with E-state index in [1.54, 1.807) is 12.4 Å². The average Bonchev–Trinajstić information content (AvgIpc) is 2.58. The van der Waals surface area contributed by atoms with Gasteiger partial charge in [0.2, 0.25) is 0 Å². The third-order valence-electron chi connectivity index (χ3n) is 2.24. The summed E-state index contributed by atoms with van der Waals surface area (Å²) in [6, 6.07) is 0. The second-order valence-electron chi connectivity index (χ2n) is 3.25. The minimum Gasteiger partial charge on any atom is -0.379 e. The van der Waals surface area contributed by atoms with Gasteiger partial charge in [-0.3, -0.25) is 0 Å². The summed E-state index contributed by atoms with van der Waals surface area (Å²) in [5, 5.41) is 0. The molecule has 4 nitrogen and oxygen atoms in total. The Bertz CT molecular complexity index is 239. The second-order valence-corrected chi connectivity index (χ2v) is 3.25. The lowest BCUT2D eigenvalue weighted by Gasteiger charge is -2.31. The zero-order chi connectivity index (χ0) is 8.44. The fourth-order valence-electron chi connectivity index (χ4n) is 1.54. The summed E-state index contributed by atoms with van der Waals surface area (Å²) < 4.78 is 5.32. The van der Waals surface area contributed by atoms with Crippen molar-refractivity contribution in [3.8, 4) is 0 Å². The van der Waals surface area contributed by atoms with E-state index in [-0.39, 0.29) is 5.54 Å². The zero-order valence-corrected chi connectivity index (χ0v) is 6.92. The van der Waals surface area contributed by atoms with Crippen LogP contribution in [0.4, 0.5) is 0 Å². The van der Waals surface area contributed by atoms with Gasteiger partial charge >= 0.3 is 0 Å². The molecule has 3 N–H and O–H groups in total. The van der Waals surface area contributed by atoms with Gasteiger partial charge in [-0.05, 0) is 12.8 Å². The Kier molecular flexibility index (Phi) is 1.86. The summed E-state index contributed by atoms with van der Waals surface area (Å²) in [4.78, 5) is 7.18. The molecule has 1 aliphatic rings. The van der Waals surface area contributed by atoms with Crippen LogP contribution >= 0.6 is 0 Å². The van der Waals surface area contributed by atoms with Crippen molar-refractivity contribution < 1.29 is 4.74 Å². The first-order valence-electron chi connectivity index (χ1n) is 4.18. The standard InChI is InChI=1S/C8H13N3O/c9-8(2-1-5-12-6-8)7-10-3-4-11-7/h3-4H,1-2,5-6,9H2,(H,10,11)/t8-/m0/s1. The van der Waals surface area contributed by atoms with Crippen molar-refractivity contribution in [1.29, 1.82) is 0 Å². The van der Waals surface area contributed by atoms with Crippen LogP contribution in [-0.2, 0) is 10.3 Å². The van der Waals surface area contributed by atoms with Gasteiger partial charge in [0.05, 0.1) is 12.1 Å². The van der Waals surface area contributed by atoms with E-state index in [0.29, 0.717) is 6.61 Å². The van der Waals surface area contributed by atoms with Crippen LogP contribution in [0, 0.1) is 0 Å². The third-order valence-corrected chi connectivity index (χ3v) is 2.24. The van der Waals surface area contributed by atoms with Gasteiger partial charge < -0.3 is 15.5 Å². The van der Waals surface area contributed by atoms with Crippen LogP contribution in [0.3, 0.4) is 0 Å². The molecular weight excluding hydrogens is 154 g/mol. The normalized spacial score (nSPS) is 30.4. The first kappa shape index (κ1) is 7.76. The minimum atomic E-state index is -0.387. The summed E-state index contributed by atoms with van der Waals surface area (Å²) >= 11 is 0. The van der Waals surface area contributed by atoms with E-state index < -0.39 is 0 Å². The molecule has 1 fully saturated rings. The number of nitrogens with two attached hydrogens (primary N) is 1. The number of hydrogen-bond donors (Lipinski definition) is 2. The minimum absolute atomic E-state index is 0.387. The van der Waals surface area contributed by atoms with Crippen molar-refractivity contribution in [3.05, 3.63) is 18.2 Å². The van der Waals surface area contributed by atoms with E-state index in [4.69, 9.17) is 10.5 Å². The summed E-state index contributed by atoms with van der Waals surface area (Å²) in [6.07, 6.45) is 5.47. The fraction of sp³-hybridized carbons (Fsp3) is 0.625. The SMILES string of the molecule is N[C@@]1(c2ncc[nH]2)CCCOC1. The van der Waals surface area contributed by atoms with Crippen molar-refractivity contribution in [2.24, 2.45) is 5.73 Å². The molecule has 1 saturated heterocycles. The van der Waals surface area contributed by atoms with Gasteiger partial charge in [0, 0.05) is 19.0 Å². The average molecular weight is 167 g/mol. The van der Waals surface area contributed by atoms with E-state index in [0.717, 1.165) is 25.3 Å². The molecule has 0 amide bonds. The molecule has 2 rings (SSSR count). The monoisotopic (exact) mass is 167 g/mol. The maximum Gasteiger partial charge on any atom is 0.128 e. The maximum atomic E-state index is 6.11. The van der Waals surface area contributed by atoms with Gasteiger partial charge in [0.1, 0.15) is 5.82 Å². The van der Waals surface area contributed by atoms with E-state index >= 15 is 0 Å². The van der Waals surface area contributed by atoms with Crippen LogP contribution in [0.1, 0.15) is 18.7 Å². The smallest absolute Gasteiger partial charge is 0.128 e. The van der Waals surface area contributed by atoms with Gasteiger partial charge in [-0.25, -0.2) is 4.98 Å². The van der Waals surface area contributed by atoms with Crippen molar-refractivity contribution in [2.45, 2.75) is 18.4 Å². The van der Waals surface area contributed by atoms with Crippen LogP contribution in [0.2, 0.25) is 0 Å². The van der Waals surface area contributed by atoms with Crippen LogP contribution in [-0.4, -0.2) is 23.2 Å². The molecule has 66 valence electrons.